The average Bonchev–Trinajstić information content (AvgIpc) is 2.59. The summed E-state index contributed by atoms with van der Waals surface area (Å²) in [6.45, 7) is 0. The van der Waals surface area contributed by atoms with E-state index in [-0.39, 0.29) is 0 Å². The first-order valence-corrected chi connectivity index (χ1v) is 8.51. The minimum absolute atomic E-state index is 0.471. The van der Waals surface area contributed by atoms with Crippen molar-refractivity contribution in [2.45, 2.75) is 31.2 Å². The molecule has 0 aliphatic heterocycles. The number of hydrogen-bond acceptors (Lipinski definition) is 5. The van der Waals surface area contributed by atoms with Crippen LogP contribution in [0.4, 0.5) is 11.6 Å². The highest BCUT2D eigenvalue weighted by atomic mass is 15.1. The molecule has 1 saturated carbocycles. The van der Waals surface area contributed by atoms with Gasteiger partial charge in [-0.3, -0.25) is 0 Å². The van der Waals surface area contributed by atoms with E-state index in [1.54, 1.807) is 18.0 Å². The molecule has 2 aliphatic carbocycles. The predicted molar refractivity (Wildman–Crippen MR) is 94.8 cm³/mol. The van der Waals surface area contributed by atoms with E-state index in [0.29, 0.717) is 29.3 Å². The first-order valence-electron chi connectivity index (χ1n) is 8.51. The highest BCUT2D eigenvalue weighted by Crippen LogP contribution is 2.50. The highest BCUT2D eigenvalue weighted by Gasteiger charge is 2.44. The van der Waals surface area contributed by atoms with Gasteiger partial charge in [-0.2, -0.15) is 0 Å². The number of anilines is 2. The number of nitrogen functional groups attached to an aromatic ring is 1. The molecule has 3 aromatic rings. The number of nitrogens with two attached hydrogens (primary N) is 1. The number of nitrogens with one attached hydrogen (secondary N) is 1. The van der Waals surface area contributed by atoms with Crippen LogP contribution in [0.15, 0.2) is 42.7 Å². The SMILES string of the molecule is Nc1ccc2c(NC3CC4c5ccccc5CCC34)ncnc2n1. The second-order valence-corrected chi connectivity index (χ2v) is 6.82. The van der Waals surface area contributed by atoms with Gasteiger partial charge in [0.15, 0.2) is 5.65 Å². The highest BCUT2D eigenvalue weighted by molar-refractivity contribution is 5.87. The molecule has 3 atom stereocenters. The van der Waals surface area contributed by atoms with Crippen LogP contribution in [-0.4, -0.2) is 21.0 Å². The van der Waals surface area contributed by atoms with Gasteiger partial charge in [0.1, 0.15) is 18.0 Å². The summed E-state index contributed by atoms with van der Waals surface area (Å²) in [6, 6.07) is 13.1. The Morgan fingerprint density at radius 2 is 2.00 bits per heavy atom. The van der Waals surface area contributed by atoms with E-state index in [0.717, 1.165) is 17.6 Å². The largest absolute Gasteiger partial charge is 0.384 e. The smallest absolute Gasteiger partial charge is 0.166 e. The van der Waals surface area contributed by atoms with Crippen molar-refractivity contribution in [3.05, 3.63) is 53.9 Å². The number of pyridine rings is 1. The normalized spacial score (nSPS) is 24.8. The van der Waals surface area contributed by atoms with E-state index < -0.39 is 0 Å². The molecule has 2 heterocycles. The van der Waals surface area contributed by atoms with Gasteiger partial charge in [-0.05, 0) is 54.4 Å². The van der Waals surface area contributed by atoms with Crippen molar-refractivity contribution in [2.75, 3.05) is 11.1 Å². The summed E-state index contributed by atoms with van der Waals surface area (Å²) in [5, 5.41) is 4.58. The zero-order valence-corrected chi connectivity index (χ0v) is 13.3. The standard InChI is InChI=1S/C19H19N5/c20-17-8-7-14-18(21-10-22-19(14)24-17)23-16-9-15-12-4-2-1-3-11(12)5-6-13(15)16/h1-4,7-8,10,13,15-16H,5-6,9H2,(H3,20,21,22,23,24). The fourth-order valence-electron chi connectivity index (χ4n) is 4.33. The van der Waals surface area contributed by atoms with Crippen LogP contribution in [0.2, 0.25) is 0 Å². The minimum atomic E-state index is 0.471. The lowest BCUT2D eigenvalue weighted by Crippen LogP contribution is -2.47. The molecule has 0 amide bonds. The molecule has 5 nitrogen and oxygen atoms in total. The lowest BCUT2D eigenvalue weighted by Gasteiger charge is -2.49. The van der Waals surface area contributed by atoms with Crippen LogP contribution in [0, 0.1) is 5.92 Å². The maximum Gasteiger partial charge on any atom is 0.166 e. The third kappa shape index (κ3) is 2.04. The Bertz CT molecular complexity index is 923. The molecular weight excluding hydrogens is 298 g/mol. The van der Waals surface area contributed by atoms with Gasteiger partial charge in [0.05, 0.1) is 5.39 Å². The van der Waals surface area contributed by atoms with E-state index in [4.69, 9.17) is 5.73 Å². The Labute approximate surface area is 140 Å². The Kier molecular flexibility index (Phi) is 2.95. The van der Waals surface area contributed by atoms with Crippen molar-refractivity contribution in [1.29, 1.82) is 0 Å². The maximum atomic E-state index is 5.75. The molecule has 2 aliphatic rings. The van der Waals surface area contributed by atoms with Crippen LogP contribution in [0.25, 0.3) is 11.0 Å². The van der Waals surface area contributed by atoms with Crippen molar-refractivity contribution < 1.29 is 0 Å². The second-order valence-electron chi connectivity index (χ2n) is 6.82. The van der Waals surface area contributed by atoms with Crippen LogP contribution < -0.4 is 11.1 Å². The topological polar surface area (TPSA) is 76.7 Å². The molecule has 120 valence electrons. The minimum Gasteiger partial charge on any atom is -0.384 e. The van der Waals surface area contributed by atoms with Crippen LogP contribution in [-0.2, 0) is 6.42 Å². The van der Waals surface area contributed by atoms with Crippen LogP contribution in [0.3, 0.4) is 0 Å². The summed E-state index contributed by atoms with van der Waals surface area (Å²) >= 11 is 0. The van der Waals surface area contributed by atoms with Gasteiger partial charge in [0, 0.05) is 6.04 Å². The number of hydrogen-bond donors (Lipinski definition) is 2. The van der Waals surface area contributed by atoms with E-state index in [1.165, 1.54) is 18.4 Å². The van der Waals surface area contributed by atoms with Gasteiger partial charge in [0.25, 0.3) is 0 Å². The summed E-state index contributed by atoms with van der Waals surface area (Å²) in [7, 11) is 0. The average molecular weight is 317 g/mol. The Balaban J connectivity index is 1.41. The third-order valence-corrected chi connectivity index (χ3v) is 5.58. The van der Waals surface area contributed by atoms with Crippen molar-refractivity contribution >= 4 is 22.7 Å². The predicted octanol–water partition coefficient (Wildman–Crippen LogP) is 3.14. The van der Waals surface area contributed by atoms with Crippen molar-refractivity contribution in [3.63, 3.8) is 0 Å². The number of aromatic nitrogens is 3. The molecular formula is C19H19N5. The summed E-state index contributed by atoms with van der Waals surface area (Å²) < 4.78 is 0. The molecule has 1 aromatic carbocycles. The number of benzene rings is 1. The van der Waals surface area contributed by atoms with Crippen LogP contribution in [0.5, 0.6) is 0 Å². The molecule has 24 heavy (non-hydrogen) atoms. The van der Waals surface area contributed by atoms with Gasteiger partial charge >= 0.3 is 0 Å². The molecule has 0 radical (unpaired) electrons. The molecule has 3 unspecified atom stereocenters. The molecule has 3 N–H and O–H groups in total. The Morgan fingerprint density at radius 1 is 1.08 bits per heavy atom. The van der Waals surface area contributed by atoms with Gasteiger partial charge in [0.2, 0.25) is 0 Å². The summed E-state index contributed by atoms with van der Waals surface area (Å²) in [5.74, 6) is 2.73. The van der Waals surface area contributed by atoms with Crippen LogP contribution in [0.1, 0.15) is 29.9 Å². The molecule has 5 rings (SSSR count). The van der Waals surface area contributed by atoms with Gasteiger partial charge in [-0.1, -0.05) is 24.3 Å². The number of fused-ring (bicyclic) bond motifs is 4. The number of rotatable bonds is 2. The van der Waals surface area contributed by atoms with Gasteiger partial charge in [-0.25, -0.2) is 15.0 Å². The van der Waals surface area contributed by atoms with Gasteiger partial charge < -0.3 is 11.1 Å². The lowest BCUT2D eigenvalue weighted by molar-refractivity contribution is 0.194. The number of aryl methyl sites for hydroxylation is 1. The zero-order chi connectivity index (χ0) is 16.1. The first-order chi connectivity index (χ1) is 11.8. The quantitative estimate of drug-likeness (QED) is 0.759. The lowest BCUT2D eigenvalue weighted by atomic mass is 9.60. The molecule has 0 spiro atoms. The molecule has 5 heteroatoms. The third-order valence-electron chi connectivity index (χ3n) is 5.58. The van der Waals surface area contributed by atoms with E-state index in [9.17, 15) is 0 Å². The fourth-order valence-corrected chi connectivity index (χ4v) is 4.33. The zero-order valence-electron chi connectivity index (χ0n) is 13.3. The van der Waals surface area contributed by atoms with E-state index >= 15 is 0 Å². The molecule has 2 aromatic heterocycles. The monoisotopic (exact) mass is 317 g/mol. The van der Waals surface area contributed by atoms with E-state index in [2.05, 4.69) is 44.5 Å². The Morgan fingerprint density at radius 3 is 2.96 bits per heavy atom. The van der Waals surface area contributed by atoms with Crippen molar-refractivity contribution in [2.24, 2.45) is 5.92 Å². The first kappa shape index (κ1) is 13.7. The summed E-state index contributed by atoms with van der Waals surface area (Å²) in [5.41, 5.74) is 9.49. The maximum absolute atomic E-state index is 5.75. The molecule has 0 saturated heterocycles. The summed E-state index contributed by atoms with van der Waals surface area (Å²) in [6.07, 6.45) is 5.14. The van der Waals surface area contributed by atoms with E-state index in [1.807, 2.05) is 6.07 Å². The fraction of sp³-hybridized carbons (Fsp3) is 0.316. The Hall–Kier alpha value is -2.69. The molecule has 0 bridgehead atoms. The van der Waals surface area contributed by atoms with Gasteiger partial charge in [-0.15, -0.1) is 0 Å². The second kappa shape index (κ2) is 5.16. The molecule has 1 fully saturated rings. The number of nitrogens with zero attached hydrogens (tertiary/aromatic N) is 3. The van der Waals surface area contributed by atoms with Crippen molar-refractivity contribution in [3.8, 4) is 0 Å². The van der Waals surface area contributed by atoms with Crippen LogP contribution >= 0.6 is 0 Å². The van der Waals surface area contributed by atoms with Crippen molar-refractivity contribution in [1.82, 2.24) is 15.0 Å². The summed E-state index contributed by atoms with van der Waals surface area (Å²) in [4.78, 5) is 12.9.